The third-order valence-corrected chi connectivity index (χ3v) is 2.31. The Balaban J connectivity index is 3.90. The van der Waals surface area contributed by atoms with Gasteiger partial charge in [0, 0.05) is 13.2 Å². The average molecular weight is 205 g/mol. The number of nitrogens with one attached hydrogen (secondary N) is 1. The molecular weight excluding hydrogens is 182 g/mol. The number of hydrogen-bond acceptors (Lipinski definition) is 4. The topological polar surface area (TPSA) is 61.7 Å². The lowest BCUT2D eigenvalue weighted by molar-refractivity contribution is 0.00602. The van der Waals surface area contributed by atoms with Gasteiger partial charge in [-0.15, -0.1) is 0 Å². The summed E-state index contributed by atoms with van der Waals surface area (Å²) < 4.78 is 5.29. The highest BCUT2D eigenvalue weighted by Gasteiger charge is 2.21. The van der Waals surface area contributed by atoms with Gasteiger partial charge in [0.05, 0.1) is 24.9 Å². The zero-order valence-electron chi connectivity index (χ0n) is 9.58. The van der Waals surface area contributed by atoms with Gasteiger partial charge < -0.3 is 20.3 Å². The standard InChI is InChI=1S/C10H23NO3/c1-8(5-10(2,3)14-4)11-9(6-12)7-13/h8-9,11-13H,5-7H2,1-4H3/t8-/m0/s1. The molecule has 0 aliphatic rings. The molecule has 86 valence electrons. The van der Waals surface area contributed by atoms with Crippen LogP contribution in [0.3, 0.4) is 0 Å². The Kier molecular flexibility index (Phi) is 6.27. The molecule has 0 spiro atoms. The summed E-state index contributed by atoms with van der Waals surface area (Å²) in [6.45, 7) is 5.94. The van der Waals surface area contributed by atoms with Gasteiger partial charge in [-0.05, 0) is 27.2 Å². The van der Waals surface area contributed by atoms with E-state index in [2.05, 4.69) is 5.32 Å². The van der Waals surface area contributed by atoms with Crippen molar-refractivity contribution in [2.24, 2.45) is 0 Å². The number of methoxy groups -OCH3 is 1. The first kappa shape index (κ1) is 13.8. The predicted octanol–water partition coefficient (Wildman–Crippen LogP) is 0.133. The smallest absolute Gasteiger partial charge is 0.0637 e. The van der Waals surface area contributed by atoms with Crippen LogP contribution in [0.5, 0.6) is 0 Å². The van der Waals surface area contributed by atoms with Crippen LogP contribution in [0.25, 0.3) is 0 Å². The fraction of sp³-hybridized carbons (Fsp3) is 1.00. The summed E-state index contributed by atoms with van der Waals surface area (Å²) in [6, 6.07) is -0.0353. The first-order valence-corrected chi connectivity index (χ1v) is 4.98. The molecule has 0 bridgehead atoms. The van der Waals surface area contributed by atoms with Crippen LogP contribution in [-0.2, 0) is 4.74 Å². The van der Waals surface area contributed by atoms with Gasteiger partial charge in [0.25, 0.3) is 0 Å². The molecule has 0 aromatic heterocycles. The van der Waals surface area contributed by atoms with Crippen LogP contribution in [0.2, 0.25) is 0 Å². The van der Waals surface area contributed by atoms with Gasteiger partial charge in [0.2, 0.25) is 0 Å². The van der Waals surface area contributed by atoms with Crippen molar-refractivity contribution in [3.8, 4) is 0 Å². The molecule has 4 heteroatoms. The molecule has 0 aliphatic carbocycles. The molecule has 0 saturated heterocycles. The molecule has 0 aliphatic heterocycles. The third-order valence-electron chi connectivity index (χ3n) is 2.31. The number of hydrogen-bond donors (Lipinski definition) is 3. The molecule has 0 amide bonds. The fourth-order valence-electron chi connectivity index (χ4n) is 1.45. The molecule has 14 heavy (non-hydrogen) atoms. The van der Waals surface area contributed by atoms with Crippen LogP contribution in [-0.4, -0.2) is 48.2 Å². The number of ether oxygens (including phenoxy) is 1. The van der Waals surface area contributed by atoms with Crippen molar-refractivity contribution in [1.82, 2.24) is 5.32 Å². The van der Waals surface area contributed by atoms with Gasteiger partial charge in [-0.1, -0.05) is 0 Å². The number of aliphatic hydroxyl groups is 2. The van der Waals surface area contributed by atoms with E-state index in [9.17, 15) is 0 Å². The van der Waals surface area contributed by atoms with Crippen molar-refractivity contribution in [3.05, 3.63) is 0 Å². The molecule has 0 unspecified atom stereocenters. The highest BCUT2D eigenvalue weighted by molar-refractivity contribution is 4.78. The molecule has 0 fully saturated rings. The van der Waals surface area contributed by atoms with Crippen molar-refractivity contribution < 1.29 is 14.9 Å². The minimum atomic E-state index is -0.238. The van der Waals surface area contributed by atoms with Crippen LogP contribution in [0, 0.1) is 0 Å². The van der Waals surface area contributed by atoms with Crippen molar-refractivity contribution in [2.75, 3.05) is 20.3 Å². The molecular formula is C10H23NO3. The second-order valence-corrected chi connectivity index (χ2v) is 4.30. The van der Waals surface area contributed by atoms with Crippen molar-refractivity contribution >= 4 is 0 Å². The zero-order valence-corrected chi connectivity index (χ0v) is 9.58. The largest absolute Gasteiger partial charge is 0.395 e. The quantitative estimate of drug-likeness (QED) is 0.553. The van der Waals surface area contributed by atoms with Crippen molar-refractivity contribution in [1.29, 1.82) is 0 Å². The second-order valence-electron chi connectivity index (χ2n) is 4.30. The van der Waals surface area contributed by atoms with Gasteiger partial charge in [-0.25, -0.2) is 0 Å². The summed E-state index contributed by atoms with van der Waals surface area (Å²) in [5.74, 6) is 0. The van der Waals surface area contributed by atoms with Gasteiger partial charge in [0.1, 0.15) is 0 Å². The number of aliphatic hydroxyl groups excluding tert-OH is 2. The Bertz CT molecular complexity index is 146. The Morgan fingerprint density at radius 1 is 1.29 bits per heavy atom. The molecule has 0 rings (SSSR count). The monoisotopic (exact) mass is 205 g/mol. The van der Waals surface area contributed by atoms with E-state index >= 15 is 0 Å². The van der Waals surface area contributed by atoms with Crippen molar-refractivity contribution in [3.63, 3.8) is 0 Å². The van der Waals surface area contributed by atoms with Crippen LogP contribution in [0.4, 0.5) is 0 Å². The Morgan fingerprint density at radius 3 is 2.14 bits per heavy atom. The summed E-state index contributed by atoms with van der Waals surface area (Å²) in [4.78, 5) is 0. The number of rotatable bonds is 7. The lowest BCUT2D eigenvalue weighted by Crippen LogP contribution is -2.44. The average Bonchev–Trinajstić information content (AvgIpc) is 2.13. The molecule has 0 radical (unpaired) electrons. The van der Waals surface area contributed by atoms with Gasteiger partial charge in [-0.3, -0.25) is 0 Å². The molecule has 0 aromatic carbocycles. The maximum absolute atomic E-state index is 8.88. The lowest BCUT2D eigenvalue weighted by Gasteiger charge is -2.29. The van der Waals surface area contributed by atoms with E-state index < -0.39 is 0 Å². The maximum atomic E-state index is 8.88. The molecule has 0 saturated carbocycles. The summed E-state index contributed by atoms with van der Waals surface area (Å²) >= 11 is 0. The van der Waals surface area contributed by atoms with E-state index in [1.807, 2.05) is 20.8 Å². The third kappa shape index (κ3) is 5.54. The van der Waals surface area contributed by atoms with E-state index in [0.29, 0.717) is 0 Å². The Hall–Kier alpha value is -0.160. The first-order chi connectivity index (χ1) is 6.45. The van der Waals surface area contributed by atoms with E-state index in [1.165, 1.54) is 0 Å². The zero-order chi connectivity index (χ0) is 11.2. The Labute approximate surface area is 86.3 Å². The van der Waals surface area contributed by atoms with Crippen LogP contribution < -0.4 is 5.32 Å². The van der Waals surface area contributed by atoms with Crippen LogP contribution in [0.15, 0.2) is 0 Å². The van der Waals surface area contributed by atoms with E-state index in [0.717, 1.165) is 6.42 Å². The van der Waals surface area contributed by atoms with Crippen molar-refractivity contribution in [2.45, 2.75) is 44.9 Å². The Morgan fingerprint density at radius 2 is 1.79 bits per heavy atom. The SMILES string of the molecule is COC(C)(C)C[C@H](C)NC(CO)CO. The van der Waals surface area contributed by atoms with Gasteiger partial charge >= 0.3 is 0 Å². The minimum Gasteiger partial charge on any atom is -0.395 e. The van der Waals surface area contributed by atoms with E-state index in [1.54, 1.807) is 7.11 Å². The normalized spacial score (nSPS) is 14.8. The predicted molar refractivity (Wildman–Crippen MR) is 56.3 cm³/mol. The summed E-state index contributed by atoms with van der Waals surface area (Å²) in [5, 5.41) is 20.9. The molecule has 0 aromatic rings. The summed E-state index contributed by atoms with van der Waals surface area (Å²) in [7, 11) is 1.68. The van der Waals surface area contributed by atoms with E-state index in [4.69, 9.17) is 14.9 Å². The molecule has 3 N–H and O–H groups in total. The lowest BCUT2D eigenvalue weighted by atomic mass is 9.99. The summed E-state index contributed by atoms with van der Waals surface area (Å²) in [6.07, 6.45) is 0.833. The maximum Gasteiger partial charge on any atom is 0.0637 e. The fourth-order valence-corrected chi connectivity index (χ4v) is 1.45. The molecule has 4 nitrogen and oxygen atoms in total. The van der Waals surface area contributed by atoms with E-state index in [-0.39, 0.29) is 30.9 Å². The second kappa shape index (κ2) is 6.35. The minimum absolute atomic E-state index is 0.0474. The first-order valence-electron chi connectivity index (χ1n) is 4.98. The molecule has 0 heterocycles. The van der Waals surface area contributed by atoms with Gasteiger partial charge in [0.15, 0.2) is 0 Å². The van der Waals surface area contributed by atoms with Crippen LogP contribution >= 0.6 is 0 Å². The highest BCUT2D eigenvalue weighted by Crippen LogP contribution is 2.15. The van der Waals surface area contributed by atoms with Gasteiger partial charge in [-0.2, -0.15) is 0 Å². The molecule has 1 atom stereocenters. The van der Waals surface area contributed by atoms with Crippen LogP contribution in [0.1, 0.15) is 27.2 Å². The highest BCUT2D eigenvalue weighted by atomic mass is 16.5. The summed E-state index contributed by atoms with van der Waals surface area (Å²) in [5.41, 5.74) is -0.179.